The Morgan fingerprint density at radius 3 is 2.45 bits per heavy atom. The van der Waals surface area contributed by atoms with Crippen LogP contribution in [0.25, 0.3) is 11.3 Å². The summed E-state index contributed by atoms with van der Waals surface area (Å²) in [7, 11) is 1.85. The van der Waals surface area contributed by atoms with Crippen molar-refractivity contribution in [2.24, 2.45) is 0 Å². The van der Waals surface area contributed by atoms with E-state index in [9.17, 15) is 4.79 Å². The van der Waals surface area contributed by atoms with Gasteiger partial charge in [0, 0.05) is 18.7 Å². The maximum Gasteiger partial charge on any atom is 0.255 e. The number of aromatic nitrogens is 1. The number of nitrogens with one attached hydrogen (secondary N) is 1. The summed E-state index contributed by atoms with van der Waals surface area (Å²) in [6, 6.07) is 10.3. The van der Waals surface area contributed by atoms with E-state index < -0.39 is 0 Å². The van der Waals surface area contributed by atoms with Crippen molar-refractivity contribution in [1.82, 2.24) is 9.88 Å². The molecule has 3 nitrogen and oxygen atoms in total. The molecule has 0 aliphatic carbocycles. The first kappa shape index (κ1) is 14.5. The smallest absolute Gasteiger partial charge is 0.255 e. The molecule has 1 N–H and O–H groups in total. The van der Waals surface area contributed by atoms with Gasteiger partial charge in [0.2, 0.25) is 0 Å². The number of aryl methyl sites for hydroxylation is 2. The largest absolute Gasteiger partial charge is 0.315 e. The standard InChI is InChI=1S/C17H22N2O/c1-5-19-16(9-8-15(11-18-4)17(19)20)14-7-6-12(2)13(3)10-14/h6-10,18H,5,11H2,1-4H3. The van der Waals surface area contributed by atoms with Gasteiger partial charge in [0.25, 0.3) is 5.56 Å². The average molecular weight is 270 g/mol. The van der Waals surface area contributed by atoms with Gasteiger partial charge in [-0.15, -0.1) is 0 Å². The molecule has 0 unspecified atom stereocenters. The van der Waals surface area contributed by atoms with Crippen LogP contribution in [0.3, 0.4) is 0 Å². The number of pyridine rings is 1. The first-order chi connectivity index (χ1) is 9.58. The zero-order valence-corrected chi connectivity index (χ0v) is 12.7. The lowest BCUT2D eigenvalue weighted by molar-refractivity contribution is 0.707. The van der Waals surface area contributed by atoms with Crippen molar-refractivity contribution in [3.63, 3.8) is 0 Å². The van der Waals surface area contributed by atoms with Crippen molar-refractivity contribution < 1.29 is 0 Å². The van der Waals surface area contributed by atoms with Crippen LogP contribution in [0, 0.1) is 13.8 Å². The third kappa shape index (κ3) is 2.68. The fourth-order valence-corrected chi connectivity index (χ4v) is 2.42. The van der Waals surface area contributed by atoms with Gasteiger partial charge >= 0.3 is 0 Å². The minimum atomic E-state index is 0.0950. The van der Waals surface area contributed by atoms with Gasteiger partial charge in [-0.1, -0.05) is 18.2 Å². The van der Waals surface area contributed by atoms with Crippen LogP contribution in [-0.2, 0) is 13.1 Å². The molecule has 0 aliphatic heterocycles. The third-order valence-corrected chi connectivity index (χ3v) is 3.74. The molecular formula is C17H22N2O. The second kappa shape index (κ2) is 6.06. The zero-order valence-electron chi connectivity index (χ0n) is 12.7. The molecule has 0 spiro atoms. The molecule has 0 fully saturated rings. The van der Waals surface area contributed by atoms with Crippen LogP contribution in [0.2, 0.25) is 0 Å². The molecule has 20 heavy (non-hydrogen) atoms. The molecule has 0 bridgehead atoms. The molecule has 0 saturated carbocycles. The van der Waals surface area contributed by atoms with Crippen molar-refractivity contribution in [1.29, 1.82) is 0 Å². The van der Waals surface area contributed by atoms with Crippen molar-refractivity contribution in [3.8, 4) is 11.3 Å². The number of hydrogen-bond acceptors (Lipinski definition) is 2. The van der Waals surface area contributed by atoms with Gasteiger partial charge in [-0.05, 0) is 56.6 Å². The van der Waals surface area contributed by atoms with Crippen molar-refractivity contribution in [2.75, 3.05) is 7.05 Å². The van der Waals surface area contributed by atoms with Gasteiger partial charge < -0.3 is 9.88 Å². The van der Waals surface area contributed by atoms with E-state index in [2.05, 4.69) is 37.4 Å². The van der Waals surface area contributed by atoms with Crippen LogP contribution >= 0.6 is 0 Å². The van der Waals surface area contributed by atoms with Crippen LogP contribution in [0.15, 0.2) is 35.1 Å². The van der Waals surface area contributed by atoms with Crippen LogP contribution in [-0.4, -0.2) is 11.6 Å². The second-order valence-electron chi connectivity index (χ2n) is 5.12. The summed E-state index contributed by atoms with van der Waals surface area (Å²) in [6.45, 7) is 7.49. The second-order valence-corrected chi connectivity index (χ2v) is 5.12. The summed E-state index contributed by atoms with van der Waals surface area (Å²) in [4.78, 5) is 12.5. The summed E-state index contributed by atoms with van der Waals surface area (Å²) < 4.78 is 1.84. The van der Waals surface area contributed by atoms with Crippen LogP contribution in [0.5, 0.6) is 0 Å². The Morgan fingerprint density at radius 2 is 1.85 bits per heavy atom. The number of rotatable bonds is 4. The quantitative estimate of drug-likeness (QED) is 0.927. The third-order valence-electron chi connectivity index (χ3n) is 3.74. The number of nitrogens with zero attached hydrogens (tertiary/aromatic N) is 1. The van der Waals surface area contributed by atoms with Crippen LogP contribution in [0.1, 0.15) is 23.6 Å². The molecule has 2 rings (SSSR count). The Morgan fingerprint density at radius 1 is 1.10 bits per heavy atom. The SMILES string of the molecule is CCn1c(-c2ccc(C)c(C)c2)ccc(CNC)c1=O. The summed E-state index contributed by atoms with van der Waals surface area (Å²) in [5, 5.41) is 3.04. The van der Waals surface area contributed by atoms with Gasteiger partial charge in [0.15, 0.2) is 0 Å². The molecule has 0 atom stereocenters. The van der Waals surface area contributed by atoms with Crippen molar-refractivity contribution in [3.05, 3.63) is 57.4 Å². The molecule has 0 saturated heterocycles. The summed E-state index contributed by atoms with van der Waals surface area (Å²) in [5.74, 6) is 0. The van der Waals surface area contributed by atoms with Gasteiger partial charge in [-0.25, -0.2) is 0 Å². The van der Waals surface area contributed by atoms with E-state index in [4.69, 9.17) is 0 Å². The van der Waals surface area contributed by atoms with Crippen LogP contribution < -0.4 is 10.9 Å². The lowest BCUT2D eigenvalue weighted by atomic mass is 10.0. The summed E-state index contributed by atoms with van der Waals surface area (Å²) >= 11 is 0. The van der Waals surface area contributed by atoms with E-state index in [1.165, 1.54) is 11.1 Å². The predicted octanol–water partition coefficient (Wildman–Crippen LogP) is 2.87. The monoisotopic (exact) mass is 270 g/mol. The summed E-state index contributed by atoms with van der Waals surface area (Å²) in [5.41, 5.74) is 5.51. The highest BCUT2D eigenvalue weighted by atomic mass is 16.1. The van der Waals surface area contributed by atoms with E-state index in [-0.39, 0.29) is 5.56 Å². The molecule has 2 aromatic rings. The minimum Gasteiger partial charge on any atom is -0.315 e. The first-order valence-corrected chi connectivity index (χ1v) is 7.03. The van der Waals surface area contributed by atoms with E-state index in [0.717, 1.165) is 16.8 Å². The normalized spacial score (nSPS) is 10.8. The highest BCUT2D eigenvalue weighted by Crippen LogP contribution is 2.21. The predicted molar refractivity (Wildman–Crippen MR) is 84.0 cm³/mol. The summed E-state index contributed by atoms with van der Waals surface area (Å²) in [6.07, 6.45) is 0. The Labute approximate surface area is 120 Å². The molecule has 3 heteroatoms. The number of benzene rings is 1. The lowest BCUT2D eigenvalue weighted by Gasteiger charge is -2.14. The van der Waals surface area contributed by atoms with Crippen molar-refractivity contribution in [2.45, 2.75) is 33.9 Å². The van der Waals surface area contributed by atoms with Gasteiger partial charge in [0.05, 0.1) is 5.69 Å². The molecule has 1 heterocycles. The molecule has 0 radical (unpaired) electrons. The van der Waals surface area contributed by atoms with E-state index in [1.54, 1.807) is 0 Å². The minimum absolute atomic E-state index is 0.0950. The van der Waals surface area contributed by atoms with Crippen LogP contribution in [0.4, 0.5) is 0 Å². The average Bonchev–Trinajstić information content (AvgIpc) is 2.44. The lowest BCUT2D eigenvalue weighted by Crippen LogP contribution is -2.26. The molecular weight excluding hydrogens is 248 g/mol. The van der Waals surface area contributed by atoms with Gasteiger partial charge in [-0.2, -0.15) is 0 Å². The first-order valence-electron chi connectivity index (χ1n) is 7.03. The van der Waals surface area contributed by atoms with Crippen molar-refractivity contribution >= 4 is 0 Å². The van der Waals surface area contributed by atoms with E-state index in [0.29, 0.717) is 13.1 Å². The maximum absolute atomic E-state index is 12.5. The number of hydrogen-bond donors (Lipinski definition) is 1. The molecule has 0 amide bonds. The molecule has 106 valence electrons. The highest BCUT2D eigenvalue weighted by Gasteiger charge is 2.09. The molecule has 0 aliphatic rings. The molecule has 1 aromatic heterocycles. The Hall–Kier alpha value is -1.87. The fourth-order valence-electron chi connectivity index (χ4n) is 2.42. The molecule has 1 aromatic carbocycles. The maximum atomic E-state index is 12.5. The van der Waals surface area contributed by atoms with Gasteiger partial charge in [0.1, 0.15) is 0 Å². The Bertz CT molecular complexity index is 671. The fraction of sp³-hybridized carbons (Fsp3) is 0.353. The van der Waals surface area contributed by atoms with E-state index >= 15 is 0 Å². The Balaban J connectivity index is 2.59. The topological polar surface area (TPSA) is 34.0 Å². The van der Waals surface area contributed by atoms with Gasteiger partial charge in [-0.3, -0.25) is 4.79 Å². The van der Waals surface area contributed by atoms with E-state index in [1.807, 2.05) is 30.7 Å². The Kier molecular flexibility index (Phi) is 4.40. The zero-order chi connectivity index (χ0) is 14.7. The highest BCUT2D eigenvalue weighted by molar-refractivity contribution is 5.61.